The first-order valence-electron chi connectivity index (χ1n) is 12.8. The van der Waals surface area contributed by atoms with Gasteiger partial charge in [-0.15, -0.1) is 11.8 Å². The molecule has 0 unspecified atom stereocenters. The highest BCUT2D eigenvalue weighted by atomic mass is 32.2. The van der Waals surface area contributed by atoms with Crippen molar-refractivity contribution in [2.45, 2.75) is 50.2 Å². The van der Waals surface area contributed by atoms with Gasteiger partial charge in [0.05, 0.1) is 6.54 Å². The topological polar surface area (TPSA) is 90.5 Å². The van der Waals surface area contributed by atoms with Gasteiger partial charge in [0.25, 0.3) is 0 Å². The standard InChI is InChI=1S/C30H34N4O3S/c1-4-28(35)33-26-15-13-22-17-24(38-3)14-16-27(22)34(29(26)36)19-20-9-11-21(12-10-20)25-8-6-5-7-23(25)18-32-30(37)31-2/h5-12,14,16-17,26H,4,13,15,18-19H2,1-3H3,(H,33,35)(H2,31,32,37)/t26-/m1/s1. The van der Waals surface area contributed by atoms with Crippen molar-refractivity contribution < 1.29 is 14.4 Å². The van der Waals surface area contributed by atoms with E-state index in [1.165, 1.54) is 0 Å². The fourth-order valence-corrected chi connectivity index (χ4v) is 5.13. The van der Waals surface area contributed by atoms with Gasteiger partial charge < -0.3 is 20.9 Å². The van der Waals surface area contributed by atoms with E-state index < -0.39 is 6.04 Å². The number of amides is 4. The molecular formula is C30H34N4O3S. The van der Waals surface area contributed by atoms with E-state index in [1.54, 1.807) is 25.7 Å². The number of nitrogens with one attached hydrogen (secondary N) is 3. The summed E-state index contributed by atoms with van der Waals surface area (Å²) in [6.45, 7) is 2.62. The number of carbonyl (C=O) groups excluding carboxylic acids is 3. The van der Waals surface area contributed by atoms with E-state index in [1.807, 2.05) is 71.8 Å². The fraction of sp³-hybridized carbons (Fsp3) is 0.300. The second-order valence-corrected chi connectivity index (χ2v) is 10.1. The molecule has 0 aromatic heterocycles. The van der Waals surface area contributed by atoms with Gasteiger partial charge in [-0.05, 0) is 65.1 Å². The molecule has 0 saturated heterocycles. The molecule has 1 heterocycles. The van der Waals surface area contributed by atoms with E-state index >= 15 is 0 Å². The number of thioether (sulfide) groups is 1. The maximum atomic E-state index is 13.7. The van der Waals surface area contributed by atoms with Crippen molar-refractivity contribution in [1.82, 2.24) is 16.0 Å². The number of hydrogen-bond donors (Lipinski definition) is 3. The lowest BCUT2D eigenvalue weighted by Crippen LogP contribution is -2.47. The van der Waals surface area contributed by atoms with Gasteiger partial charge in [0.1, 0.15) is 6.04 Å². The lowest BCUT2D eigenvalue weighted by Gasteiger charge is -2.27. The highest BCUT2D eigenvalue weighted by Crippen LogP contribution is 2.32. The maximum absolute atomic E-state index is 13.7. The Hall–Kier alpha value is -3.78. The summed E-state index contributed by atoms with van der Waals surface area (Å²) in [5.41, 5.74) is 6.09. The van der Waals surface area contributed by atoms with Gasteiger partial charge in [0.15, 0.2) is 0 Å². The average Bonchev–Trinajstić information content (AvgIpc) is 3.08. The quantitative estimate of drug-likeness (QED) is 0.362. The van der Waals surface area contributed by atoms with Crippen LogP contribution in [0.2, 0.25) is 0 Å². The van der Waals surface area contributed by atoms with Crippen molar-refractivity contribution in [3.8, 4) is 11.1 Å². The molecule has 0 fully saturated rings. The van der Waals surface area contributed by atoms with Crippen LogP contribution in [0.5, 0.6) is 0 Å². The summed E-state index contributed by atoms with van der Waals surface area (Å²) in [5, 5.41) is 8.35. The Kier molecular flexibility index (Phi) is 9.07. The van der Waals surface area contributed by atoms with Crippen LogP contribution in [0.3, 0.4) is 0 Å². The number of carbonyl (C=O) groups is 3. The van der Waals surface area contributed by atoms with Crippen LogP contribution in [0.15, 0.2) is 71.6 Å². The smallest absolute Gasteiger partial charge is 0.314 e. The van der Waals surface area contributed by atoms with Crippen molar-refractivity contribution in [3.63, 3.8) is 0 Å². The molecule has 1 aliphatic rings. The van der Waals surface area contributed by atoms with E-state index in [9.17, 15) is 14.4 Å². The van der Waals surface area contributed by atoms with Crippen molar-refractivity contribution in [2.75, 3.05) is 18.2 Å². The summed E-state index contributed by atoms with van der Waals surface area (Å²) in [4.78, 5) is 40.5. The molecule has 3 aromatic carbocycles. The third-order valence-corrected chi connectivity index (χ3v) is 7.52. The number of aryl methyl sites for hydroxylation is 1. The molecule has 1 aliphatic heterocycles. The highest BCUT2D eigenvalue weighted by molar-refractivity contribution is 7.98. The van der Waals surface area contributed by atoms with Crippen LogP contribution in [0.25, 0.3) is 11.1 Å². The van der Waals surface area contributed by atoms with E-state index in [4.69, 9.17) is 0 Å². The molecule has 3 aromatic rings. The monoisotopic (exact) mass is 530 g/mol. The van der Waals surface area contributed by atoms with Crippen LogP contribution in [-0.4, -0.2) is 37.2 Å². The first-order valence-corrected chi connectivity index (χ1v) is 14.1. The van der Waals surface area contributed by atoms with Gasteiger partial charge in [-0.3, -0.25) is 9.59 Å². The summed E-state index contributed by atoms with van der Waals surface area (Å²) in [6.07, 6.45) is 3.68. The van der Waals surface area contributed by atoms with Crippen LogP contribution in [0, 0.1) is 0 Å². The molecule has 0 bridgehead atoms. The first-order chi connectivity index (χ1) is 18.4. The van der Waals surface area contributed by atoms with Gasteiger partial charge in [-0.2, -0.15) is 0 Å². The third-order valence-electron chi connectivity index (χ3n) is 6.79. The normalized spacial score (nSPS) is 14.9. The molecule has 1 atom stereocenters. The Morgan fingerprint density at radius 3 is 2.53 bits per heavy atom. The van der Waals surface area contributed by atoms with Crippen molar-refractivity contribution in [2.24, 2.45) is 0 Å². The molecule has 198 valence electrons. The zero-order chi connectivity index (χ0) is 27.1. The zero-order valence-electron chi connectivity index (χ0n) is 22.0. The number of rotatable bonds is 8. The Labute approximate surface area is 228 Å². The molecule has 0 aliphatic carbocycles. The summed E-state index contributed by atoms with van der Waals surface area (Å²) >= 11 is 1.68. The third kappa shape index (κ3) is 6.37. The van der Waals surface area contributed by atoms with Crippen molar-refractivity contribution in [3.05, 3.63) is 83.4 Å². The van der Waals surface area contributed by atoms with Crippen molar-refractivity contribution in [1.29, 1.82) is 0 Å². The zero-order valence-corrected chi connectivity index (χ0v) is 22.9. The van der Waals surface area contributed by atoms with E-state index in [0.29, 0.717) is 25.9 Å². The molecule has 4 amide bonds. The van der Waals surface area contributed by atoms with Gasteiger partial charge in [0.2, 0.25) is 11.8 Å². The molecule has 38 heavy (non-hydrogen) atoms. The number of fused-ring (bicyclic) bond motifs is 1. The molecule has 3 N–H and O–H groups in total. The Bertz CT molecular complexity index is 1310. The second-order valence-electron chi connectivity index (χ2n) is 9.22. The van der Waals surface area contributed by atoms with Gasteiger partial charge in [0, 0.05) is 30.6 Å². The molecule has 7 nitrogen and oxygen atoms in total. The number of nitrogens with zero attached hydrogens (tertiary/aromatic N) is 1. The predicted molar refractivity (Wildman–Crippen MR) is 153 cm³/mol. The molecule has 0 saturated carbocycles. The van der Waals surface area contributed by atoms with Crippen molar-refractivity contribution >= 4 is 35.3 Å². The maximum Gasteiger partial charge on any atom is 0.314 e. The van der Waals surface area contributed by atoms with E-state index in [2.05, 4.69) is 22.0 Å². The minimum atomic E-state index is -0.549. The minimum absolute atomic E-state index is 0.0860. The van der Waals surface area contributed by atoms with E-state index in [-0.39, 0.29) is 17.8 Å². The number of hydrogen-bond acceptors (Lipinski definition) is 4. The summed E-state index contributed by atoms with van der Waals surface area (Å²) in [6, 6.07) is 21.6. The lowest BCUT2D eigenvalue weighted by molar-refractivity contribution is -0.127. The Morgan fingerprint density at radius 1 is 1.05 bits per heavy atom. The first kappa shape index (κ1) is 27.3. The molecule has 0 radical (unpaired) electrons. The molecule has 8 heteroatoms. The van der Waals surface area contributed by atoms with Crippen LogP contribution in [0.1, 0.15) is 36.5 Å². The summed E-state index contributed by atoms with van der Waals surface area (Å²) in [5.74, 6) is -0.204. The van der Waals surface area contributed by atoms with Crippen LogP contribution >= 0.6 is 11.8 Å². The number of anilines is 1. The molecule has 4 rings (SSSR count). The van der Waals surface area contributed by atoms with E-state index in [0.717, 1.165) is 44.8 Å². The Balaban J connectivity index is 1.60. The number of benzene rings is 3. The summed E-state index contributed by atoms with van der Waals surface area (Å²) < 4.78 is 0. The van der Waals surface area contributed by atoms with Gasteiger partial charge >= 0.3 is 6.03 Å². The second kappa shape index (κ2) is 12.6. The van der Waals surface area contributed by atoms with Crippen LogP contribution < -0.4 is 20.9 Å². The molecular weight excluding hydrogens is 496 g/mol. The summed E-state index contributed by atoms with van der Waals surface area (Å²) in [7, 11) is 1.59. The Morgan fingerprint density at radius 2 is 1.82 bits per heavy atom. The largest absolute Gasteiger partial charge is 0.344 e. The van der Waals surface area contributed by atoms with Gasteiger partial charge in [-0.25, -0.2) is 4.79 Å². The van der Waals surface area contributed by atoms with Crippen LogP contribution in [-0.2, 0) is 29.1 Å². The lowest BCUT2D eigenvalue weighted by atomic mass is 9.98. The molecule has 0 spiro atoms. The van der Waals surface area contributed by atoms with Gasteiger partial charge in [-0.1, -0.05) is 55.5 Å². The predicted octanol–water partition coefficient (Wildman–Crippen LogP) is 4.88. The number of urea groups is 1. The fourth-order valence-electron chi connectivity index (χ4n) is 4.67. The minimum Gasteiger partial charge on any atom is -0.344 e. The SMILES string of the molecule is CCC(=O)N[C@@H]1CCc2cc(SC)ccc2N(Cc2ccc(-c3ccccc3CNC(=O)NC)cc2)C1=O. The van der Waals surface area contributed by atoms with Crippen LogP contribution in [0.4, 0.5) is 10.5 Å². The highest BCUT2D eigenvalue weighted by Gasteiger charge is 2.31. The average molecular weight is 531 g/mol.